The second-order valence-electron chi connectivity index (χ2n) is 4.02. The third kappa shape index (κ3) is 3.54. The number of hydrogen-bond donors (Lipinski definition) is 1. The summed E-state index contributed by atoms with van der Waals surface area (Å²) in [6.45, 7) is 5.43. The van der Waals surface area contributed by atoms with Crippen LogP contribution in [0.5, 0.6) is 0 Å². The van der Waals surface area contributed by atoms with Gasteiger partial charge < -0.3 is 5.32 Å². The Balaban J connectivity index is 2.14. The second-order valence-corrected chi connectivity index (χ2v) is 6.14. The molecule has 1 aromatic carbocycles. The van der Waals surface area contributed by atoms with Crippen molar-refractivity contribution < 1.29 is 0 Å². The van der Waals surface area contributed by atoms with E-state index in [1.54, 1.807) is 28.6 Å². The molecule has 1 heterocycles. The van der Waals surface area contributed by atoms with E-state index in [0.29, 0.717) is 6.04 Å². The monoisotopic (exact) mass is 279 g/mol. The zero-order valence-electron chi connectivity index (χ0n) is 10.6. The Labute approximate surface area is 116 Å². The summed E-state index contributed by atoms with van der Waals surface area (Å²) >= 11 is 3.26. The average molecular weight is 279 g/mol. The van der Waals surface area contributed by atoms with Gasteiger partial charge in [0.2, 0.25) is 0 Å². The number of benzene rings is 1. The van der Waals surface area contributed by atoms with E-state index in [1.165, 1.54) is 10.5 Å². The molecule has 0 fully saturated rings. The summed E-state index contributed by atoms with van der Waals surface area (Å²) in [5.41, 5.74) is 3.09. The summed E-state index contributed by atoms with van der Waals surface area (Å²) in [6.07, 6.45) is 1.15. The van der Waals surface area contributed by atoms with Crippen molar-refractivity contribution in [2.75, 3.05) is 6.54 Å². The SMILES string of the molecule is CCCNC(C)c1ccccc1Sc1nncs1. The molecule has 0 aliphatic rings. The van der Waals surface area contributed by atoms with E-state index >= 15 is 0 Å². The molecule has 96 valence electrons. The predicted octanol–water partition coefficient (Wildman–Crippen LogP) is 3.75. The van der Waals surface area contributed by atoms with Crippen LogP contribution in [0, 0.1) is 0 Å². The van der Waals surface area contributed by atoms with Gasteiger partial charge in [-0.25, -0.2) is 0 Å². The summed E-state index contributed by atoms with van der Waals surface area (Å²) in [5, 5.41) is 11.5. The van der Waals surface area contributed by atoms with Crippen LogP contribution < -0.4 is 5.32 Å². The Morgan fingerprint density at radius 1 is 1.39 bits per heavy atom. The Hall–Kier alpha value is -0.910. The van der Waals surface area contributed by atoms with E-state index in [-0.39, 0.29) is 0 Å². The molecule has 1 atom stereocenters. The maximum atomic E-state index is 4.09. The molecule has 1 unspecified atom stereocenters. The lowest BCUT2D eigenvalue weighted by Gasteiger charge is -2.16. The zero-order chi connectivity index (χ0) is 12.8. The lowest BCUT2D eigenvalue weighted by molar-refractivity contribution is 0.564. The fraction of sp³-hybridized carbons (Fsp3) is 0.385. The van der Waals surface area contributed by atoms with Crippen LogP contribution in [0.1, 0.15) is 31.9 Å². The summed E-state index contributed by atoms with van der Waals surface area (Å²) < 4.78 is 0.991. The Bertz CT molecular complexity index is 471. The average Bonchev–Trinajstić information content (AvgIpc) is 2.89. The molecule has 0 amide bonds. The van der Waals surface area contributed by atoms with Gasteiger partial charge in [0.05, 0.1) is 0 Å². The van der Waals surface area contributed by atoms with Crippen LogP contribution in [0.2, 0.25) is 0 Å². The molecular weight excluding hydrogens is 262 g/mol. The highest BCUT2D eigenvalue weighted by molar-refractivity contribution is 8.01. The van der Waals surface area contributed by atoms with Crippen LogP contribution in [0.25, 0.3) is 0 Å². The highest BCUT2D eigenvalue weighted by atomic mass is 32.2. The number of rotatable bonds is 6. The Morgan fingerprint density at radius 3 is 2.94 bits per heavy atom. The minimum Gasteiger partial charge on any atom is -0.310 e. The van der Waals surface area contributed by atoms with Crippen molar-refractivity contribution in [3.8, 4) is 0 Å². The van der Waals surface area contributed by atoms with Gasteiger partial charge in [0.1, 0.15) is 5.51 Å². The van der Waals surface area contributed by atoms with Gasteiger partial charge in [-0.3, -0.25) is 0 Å². The van der Waals surface area contributed by atoms with Gasteiger partial charge in [0, 0.05) is 10.9 Å². The van der Waals surface area contributed by atoms with Crippen LogP contribution in [0.3, 0.4) is 0 Å². The van der Waals surface area contributed by atoms with Gasteiger partial charge in [0.15, 0.2) is 4.34 Å². The largest absolute Gasteiger partial charge is 0.310 e. The lowest BCUT2D eigenvalue weighted by atomic mass is 10.1. The van der Waals surface area contributed by atoms with E-state index in [2.05, 4.69) is 53.6 Å². The second kappa shape index (κ2) is 6.87. The molecule has 3 nitrogen and oxygen atoms in total. The van der Waals surface area contributed by atoms with Gasteiger partial charge in [-0.2, -0.15) is 0 Å². The van der Waals surface area contributed by atoms with Crippen molar-refractivity contribution in [2.45, 2.75) is 35.5 Å². The summed E-state index contributed by atoms with van der Waals surface area (Å²) in [6, 6.07) is 8.84. The fourth-order valence-corrected chi connectivity index (χ4v) is 3.36. The van der Waals surface area contributed by atoms with Crippen LogP contribution in [-0.2, 0) is 0 Å². The van der Waals surface area contributed by atoms with Crippen molar-refractivity contribution in [2.24, 2.45) is 0 Å². The Kier molecular flexibility index (Phi) is 5.16. The summed E-state index contributed by atoms with van der Waals surface area (Å²) in [4.78, 5) is 1.25. The quantitative estimate of drug-likeness (QED) is 0.874. The van der Waals surface area contributed by atoms with Crippen LogP contribution in [-0.4, -0.2) is 16.7 Å². The Morgan fingerprint density at radius 2 is 2.22 bits per heavy atom. The number of nitrogens with one attached hydrogen (secondary N) is 1. The molecule has 2 aromatic rings. The normalized spacial score (nSPS) is 12.6. The highest BCUT2D eigenvalue weighted by Gasteiger charge is 2.11. The van der Waals surface area contributed by atoms with Crippen molar-refractivity contribution in [3.05, 3.63) is 35.3 Å². The third-order valence-electron chi connectivity index (χ3n) is 2.62. The molecule has 1 aromatic heterocycles. The van der Waals surface area contributed by atoms with Crippen LogP contribution >= 0.6 is 23.1 Å². The predicted molar refractivity (Wildman–Crippen MR) is 77.2 cm³/mol. The van der Waals surface area contributed by atoms with E-state index in [1.807, 2.05) is 0 Å². The minimum atomic E-state index is 0.363. The van der Waals surface area contributed by atoms with Gasteiger partial charge in [-0.15, -0.1) is 10.2 Å². The third-order valence-corrected chi connectivity index (χ3v) is 4.49. The minimum absolute atomic E-state index is 0.363. The molecule has 18 heavy (non-hydrogen) atoms. The molecule has 1 N–H and O–H groups in total. The van der Waals surface area contributed by atoms with E-state index in [9.17, 15) is 0 Å². The molecule has 0 aliphatic heterocycles. The van der Waals surface area contributed by atoms with Gasteiger partial charge in [-0.05, 0) is 31.5 Å². The van der Waals surface area contributed by atoms with E-state index in [4.69, 9.17) is 0 Å². The maximum Gasteiger partial charge on any atom is 0.178 e. The van der Waals surface area contributed by atoms with E-state index in [0.717, 1.165) is 17.3 Å². The number of nitrogens with zero attached hydrogens (tertiary/aromatic N) is 2. The number of aromatic nitrogens is 2. The topological polar surface area (TPSA) is 37.8 Å². The van der Waals surface area contributed by atoms with Crippen LogP contribution in [0.4, 0.5) is 0 Å². The molecule has 0 saturated carbocycles. The first-order valence-corrected chi connectivity index (χ1v) is 7.77. The van der Waals surface area contributed by atoms with Crippen molar-refractivity contribution >= 4 is 23.1 Å². The number of hydrogen-bond acceptors (Lipinski definition) is 5. The molecule has 0 radical (unpaired) electrons. The summed E-state index contributed by atoms with van der Waals surface area (Å²) in [5.74, 6) is 0. The maximum absolute atomic E-state index is 4.09. The lowest BCUT2D eigenvalue weighted by Crippen LogP contribution is -2.19. The fourth-order valence-electron chi connectivity index (χ4n) is 1.70. The van der Waals surface area contributed by atoms with Crippen molar-refractivity contribution in [3.63, 3.8) is 0 Å². The zero-order valence-corrected chi connectivity index (χ0v) is 12.2. The first kappa shape index (κ1) is 13.5. The highest BCUT2D eigenvalue weighted by Crippen LogP contribution is 2.33. The molecule has 0 bridgehead atoms. The first-order valence-electron chi connectivity index (χ1n) is 6.07. The van der Waals surface area contributed by atoms with Crippen molar-refractivity contribution in [1.29, 1.82) is 0 Å². The molecule has 0 aliphatic carbocycles. The van der Waals surface area contributed by atoms with Gasteiger partial charge in [0.25, 0.3) is 0 Å². The van der Waals surface area contributed by atoms with Gasteiger partial charge in [-0.1, -0.05) is 48.2 Å². The molecule has 0 spiro atoms. The van der Waals surface area contributed by atoms with Gasteiger partial charge >= 0.3 is 0 Å². The molecule has 2 rings (SSSR count). The van der Waals surface area contributed by atoms with Crippen LogP contribution in [0.15, 0.2) is 39.0 Å². The molecular formula is C13H17N3S2. The first-order chi connectivity index (χ1) is 8.81. The van der Waals surface area contributed by atoms with E-state index < -0.39 is 0 Å². The van der Waals surface area contributed by atoms with Crippen molar-refractivity contribution in [1.82, 2.24) is 15.5 Å². The summed E-state index contributed by atoms with van der Waals surface area (Å²) in [7, 11) is 0. The standard InChI is InChI=1S/C13H17N3S2/c1-3-8-14-10(2)11-6-4-5-7-12(11)18-13-16-15-9-17-13/h4-7,9-10,14H,3,8H2,1-2H3. The molecule has 0 saturated heterocycles. The molecule has 5 heteroatoms. The smallest absolute Gasteiger partial charge is 0.178 e.